The van der Waals surface area contributed by atoms with E-state index in [-0.39, 0.29) is 23.5 Å². The van der Waals surface area contributed by atoms with Gasteiger partial charge in [-0.15, -0.1) is 0 Å². The van der Waals surface area contributed by atoms with E-state index in [1.165, 1.54) is 6.42 Å². The van der Waals surface area contributed by atoms with Gasteiger partial charge in [-0.05, 0) is 32.6 Å². The van der Waals surface area contributed by atoms with Crippen LogP contribution in [0.15, 0.2) is 0 Å². The van der Waals surface area contributed by atoms with Crippen LogP contribution in [0.5, 0.6) is 0 Å². The molecule has 15 heavy (non-hydrogen) atoms. The first-order chi connectivity index (χ1) is 7.15. The molecule has 1 heterocycles. The molecule has 0 spiro atoms. The molecule has 0 aromatic carbocycles. The Balaban J connectivity index is 1.86. The zero-order valence-corrected chi connectivity index (χ0v) is 9.29. The molecule has 1 aliphatic heterocycles. The molecule has 2 unspecified atom stereocenters. The second-order valence-electron chi connectivity index (χ2n) is 4.90. The molecule has 1 saturated carbocycles. The van der Waals surface area contributed by atoms with Crippen molar-refractivity contribution in [1.29, 1.82) is 0 Å². The van der Waals surface area contributed by atoms with Gasteiger partial charge in [0.2, 0.25) is 5.91 Å². The first-order valence-electron chi connectivity index (χ1n) is 5.79. The van der Waals surface area contributed by atoms with Gasteiger partial charge in [-0.3, -0.25) is 4.79 Å². The maximum Gasteiger partial charge on any atom is 0.226 e. The van der Waals surface area contributed by atoms with Crippen LogP contribution in [0.1, 0.15) is 32.6 Å². The highest BCUT2D eigenvalue weighted by Gasteiger charge is 2.39. The number of amides is 1. The Hall–Kier alpha value is -0.610. The molecule has 2 fully saturated rings. The molecule has 0 radical (unpaired) electrons. The summed E-state index contributed by atoms with van der Waals surface area (Å²) in [5.74, 6) is 0.161. The standard InChI is InChI=1S/C11H20N2O2/c1-8-5-9(6-15-8)10(14)13-11(7-12)3-2-4-11/h8-9H,2-7,12H2,1H3,(H,13,14). The minimum Gasteiger partial charge on any atom is -0.378 e. The molecule has 0 aromatic heterocycles. The van der Waals surface area contributed by atoms with Gasteiger partial charge >= 0.3 is 0 Å². The average Bonchev–Trinajstić information content (AvgIpc) is 2.58. The summed E-state index contributed by atoms with van der Waals surface area (Å²) < 4.78 is 5.39. The van der Waals surface area contributed by atoms with E-state index >= 15 is 0 Å². The van der Waals surface area contributed by atoms with Gasteiger partial charge in [0.15, 0.2) is 0 Å². The lowest BCUT2D eigenvalue weighted by Crippen LogP contribution is -2.59. The van der Waals surface area contributed by atoms with Crippen LogP contribution in [0.4, 0.5) is 0 Å². The van der Waals surface area contributed by atoms with Crippen LogP contribution >= 0.6 is 0 Å². The summed E-state index contributed by atoms with van der Waals surface area (Å²) in [6, 6.07) is 0. The van der Waals surface area contributed by atoms with Crippen LogP contribution in [-0.2, 0) is 9.53 Å². The highest BCUT2D eigenvalue weighted by Crippen LogP contribution is 2.31. The summed E-state index contributed by atoms with van der Waals surface area (Å²) in [5, 5.41) is 3.10. The summed E-state index contributed by atoms with van der Waals surface area (Å²) in [4.78, 5) is 11.9. The number of carbonyl (C=O) groups excluding carboxylic acids is 1. The van der Waals surface area contributed by atoms with E-state index in [2.05, 4.69) is 5.32 Å². The first kappa shape index (κ1) is 10.9. The van der Waals surface area contributed by atoms with Gasteiger partial charge in [-0.25, -0.2) is 0 Å². The topological polar surface area (TPSA) is 64.4 Å². The van der Waals surface area contributed by atoms with Gasteiger partial charge in [0, 0.05) is 6.54 Å². The number of nitrogens with one attached hydrogen (secondary N) is 1. The number of hydrogen-bond acceptors (Lipinski definition) is 3. The van der Waals surface area contributed by atoms with E-state index in [0.29, 0.717) is 13.2 Å². The van der Waals surface area contributed by atoms with Gasteiger partial charge in [-0.2, -0.15) is 0 Å². The second kappa shape index (κ2) is 4.10. The molecule has 2 atom stereocenters. The van der Waals surface area contributed by atoms with Crippen LogP contribution in [-0.4, -0.2) is 30.7 Å². The molecular formula is C11H20N2O2. The van der Waals surface area contributed by atoms with Gasteiger partial charge < -0.3 is 15.8 Å². The fraction of sp³-hybridized carbons (Fsp3) is 0.909. The lowest BCUT2D eigenvalue weighted by molar-refractivity contribution is -0.127. The van der Waals surface area contributed by atoms with Crippen molar-refractivity contribution in [1.82, 2.24) is 5.32 Å². The highest BCUT2D eigenvalue weighted by atomic mass is 16.5. The number of ether oxygens (including phenoxy) is 1. The third kappa shape index (κ3) is 2.16. The molecule has 0 bridgehead atoms. The summed E-state index contributed by atoms with van der Waals surface area (Å²) in [7, 11) is 0. The minimum atomic E-state index is -0.0943. The molecule has 0 aromatic rings. The Morgan fingerprint density at radius 1 is 1.60 bits per heavy atom. The molecule has 1 amide bonds. The Kier molecular flexibility index (Phi) is 2.98. The van der Waals surface area contributed by atoms with Gasteiger partial charge in [0.25, 0.3) is 0 Å². The van der Waals surface area contributed by atoms with Crippen LogP contribution in [0.2, 0.25) is 0 Å². The summed E-state index contributed by atoms with van der Waals surface area (Å²) in [6.07, 6.45) is 4.29. The lowest BCUT2D eigenvalue weighted by Gasteiger charge is -2.42. The molecule has 4 heteroatoms. The highest BCUT2D eigenvalue weighted by molar-refractivity contribution is 5.80. The number of rotatable bonds is 3. The van der Waals surface area contributed by atoms with Gasteiger partial charge in [-0.1, -0.05) is 0 Å². The van der Waals surface area contributed by atoms with Crippen molar-refractivity contribution in [2.75, 3.05) is 13.2 Å². The fourth-order valence-electron chi connectivity index (χ4n) is 2.35. The zero-order valence-electron chi connectivity index (χ0n) is 9.29. The molecule has 86 valence electrons. The largest absolute Gasteiger partial charge is 0.378 e. The van der Waals surface area contributed by atoms with Gasteiger partial charge in [0.05, 0.1) is 24.2 Å². The van der Waals surface area contributed by atoms with E-state index < -0.39 is 0 Å². The van der Waals surface area contributed by atoms with Crippen molar-refractivity contribution in [3.8, 4) is 0 Å². The number of nitrogens with two attached hydrogens (primary N) is 1. The van der Waals surface area contributed by atoms with Crippen molar-refractivity contribution in [2.24, 2.45) is 11.7 Å². The van der Waals surface area contributed by atoms with Crippen molar-refractivity contribution in [3.05, 3.63) is 0 Å². The fourth-order valence-corrected chi connectivity index (χ4v) is 2.35. The minimum absolute atomic E-state index is 0.0315. The Morgan fingerprint density at radius 2 is 2.33 bits per heavy atom. The van der Waals surface area contributed by atoms with E-state index in [4.69, 9.17) is 10.5 Å². The normalized spacial score (nSPS) is 33.5. The van der Waals surface area contributed by atoms with E-state index in [1.54, 1.807) is 0 Å². The predicted molar refractivity (Wildman–Crippen MR) is 57.3 cm³/mol. The van der Waals surface area contributed by atoms with E-state index in [0.717, 1.165) is 19.3 Å². The molecule has 3 N–H and O–H groups in total. The maximum absolute atomic E-state index is 11.9. The molecule has 1 aliphatic carbocycles. The summed E-state index contributed by atoms with van der Waals surface area (Å²) in [6.45, 7) is 3.13. The predicted octanol–water partition coefficient (Wildman–Crippen LogP) is 0.409. The third-order valence-electron chi connectivity index (χ3n) is 3.66. The number of hydrogen-bond donors (Lipinski definition) is 2. The molecule has 2 aliphatic rings. The van der Waals surface area contributed by atoms with Gasteiger partial charge in [0.1, 0.15) is 0 Å². The molecule has 4 nitrogen and oxygen atoms in total. The number of carbonyl (C=O) groups is 1. The quantitative estimate of drug-likeness (QED) is 0.712. The van der Waals surface area contributed by atoms with Crippen LogP contribution in [0.3, 0.4) is 0 Å². The lowest BCUT2D eigenvalue weighted by atomic mass is 9.76. The average molecular weight is 212 g/mol. The van der Waals surface area contributed by atoms with Crippen molar-refractivity contribution >= 4 is 5.91 Å². The summed E-state index contributed by atoms with van der Waals surface area (Å²) >= 11 is 0. The smallest absolute Gasteiger partial charge is 0.226 e. The monoisotopic (exact) mass is 212 g/mol. The Labute approximate surface area is 90.5 Å². The Bertz CT molecular complexity index is 245. The molecule has 2 rings (SSSR count). The summed E-state index contributed by atoms with van der Waals surface area (Å²) in [5.41, 5.74) is 5.60. The van der Waals surface area contributed by atoms with Crippen molar-refractivity contribution in [2.45, 2.75) is 44.2 Å². The maximum atomic E-state index is 11.9. The van der Waals surface area contributed by atoms with Crippen LogP contribution in [0.25, 0.3) is 0 Å². The van der Waals surface area contributed by atoms with Crippen molar-refractivity contribution < 1.29 is 9.53 Å². The SMILES string of the molecule is CC1CC(C(=O)NC2(CN)CCC2)CO1. The van der Waals surface area contributed by atoms with Crippen molar-refractivity contribution in [3.63, 3.8) is 0 Å². The van der Waals surface area contributed by atoms with Crippen LogP contribution < -0.4 is 11.1 Å². The molecular weight excluding hydrogens is 192 g/mol. The first-order valence-corrected chi connectivity index (χ1v) is 5.79. The zero-order chi connectivity index (χ0) is 10.9. The Morgan fingerprint density at radius 3 is 2.73 bits per heavy atom. The van der Waals surface area contributed by atoms with E-state index in [9.17, 15) is 4.79 Å². The van der Waals surface area contributed by atoms with E-state index in [1.807, 2.05) is 6.92 Å². The molecule has 1 saturated heterocycles. The third-order valence-corrected chi connectivity index (χ3v) is 3.66. The second-order valence-corrected chi connectivity index (χ2v) is 4.90. The van der Waals surface area contributed by atoms with Crippen LogP contribution in [0, 0.1) is 5.92 Å².